The van der Waals surface area contributed by atoms with Crippen LogP contribution in [0.15, 0.2) is 29.3 Å². The predicted molar refractivity (Wildman–Crippen MR) is 115 cm³/mol. The van der Waals surface area contributed by atoms with Crippen molar-refractivity contribution in [2.45, 2.75) is 26.7 Å². The molecule has 0 unspecified atom stereocenters. The Morgan fingerprint density at radius 2 is 1.89 bits per heavy atom. The first-order valence-corrected chi connectivity index (χ1v) is 10.6. The Morgan fingerprint density at radius 1 is 1.11 bits per heavy atom. The normalized spacial score (nSPS) is 15.7. The fourth-order valence-electron chi connectivity index (χ4n) is 3.27. The van der Waals surface area contributed by atoms with Crippen molar-refractivity contribution in [1.82, 2.24) is 15.5 Å². The number of para-hydroxylation sites is 1. The molecule has 0 radical (unpaired) electrons. The second-order valence-electron chi connectivity index (χ2n) is 6.87. The highest BCUT2D eigenvalue weighted by Crippen LogP contribution is 2.20. The molecule has 0 amide bonds. The van der Waals surface area contributed by atoms with Crippen LogP contribution in [0.3, 0.4) is 0 Å². The quantitative estimate of drug-likeness (QED) is 0.343. The van der Waals surface area contributed by atoms with Crippen molar-refractivity contribution in [2.75, 3.05) is 70.5 Å². The van der Waals surface area contributed by atoms with Gasteiger partial charge in [-0.25, -0.2) is 4.39 Å². The summed E-state index contributed by atoms with van der Waals surface area (Å²) in [6.07, 6.45) is 2.00. The van der Waals surface area contributed by atoms with Crippen LogP contribution in [0, 0.1) is 5.82 Å². The summed E-state index contributed by atoms with van der Waals surface area (Å²) in [5.74, 6) is 0.750. The molecule has 1 aliphatic heterocycles. The predicted octanol–water partition coefficient (Wildman–Crippen LogP) is 2.32. The maximum Gasteiger partial charge on any atom is 0.191 e. The van der Waals surface area contributed by atoms with Gasteiger partial charge >= 0.3 is 0 Å². The van der Waals surface area contributed by atoms with Gasteiger partial charge in [0.1, 0.15) is 5.82 Å². The Labute approximate surface area is 169 Å². The number of ether oxygens (including phenoxy) is 1. The fraction of sp³-hybridized carbons (Fsp3) is 0.667. The highest BCUT2D eigenvalue weighted by molar-refractivity contribution is 5.79. The van der Waals surface area contributed by atoms with Crippen LogP contribution in [0.5, 0.6) is 0 Å². The van der Waals surface area contributed by atoms with Gasteiger partial charge in [-0.05, 0) is 45.4 Å². The van der Waals surface area contributed by atoms with Crippen LogP contribution >= 0.6 is 0 Å². The van der Waals surface area contributed by atoms with Crippen LogP contribution in [0.1, 0.15) is 26.7 Å². The van der Waals surface area contributed by atoms with Crippen molar-refractivity contribution in [3.63, 3.8) is 0 Å². The van der Waals surface area contributed by atoms with Crippen molar-refractivity contribution in [2.24, 2.45) is 4.99 Å². The number of rotatable bonds is 11. The average Bonchev–Trinajstić information content (AvgIpc) is 2.72. The van der Waals surface area contributed by atoms with Gasteiger partial charge < -0.3 is 20.3 Å². The van der Waals surface area contributed by atoms with Crippen molar-refractivity contribution < 1.29 is 9.13 Å². The number of nitrogens with one attached hydrogen (secondary N) is 2. The number of piperazine rings is 1. The molecule has 0 spiro atoms. The van der Waals surface area contributed by atoms with Gasteiger partial charge in [-0.3, -0.25) is 9.89 Å². The third-order valence-corrected chi connectivity index (χ3v) is 4.77. The van der Waals surface area contributed by atoms with Gasteiger partial charge in [-0.2, -0.15) is 0 Å². The van der Waals surface area contributed by atoms with E-state index in [4.69, 9.17) is 4.74 Å². The van der Waals surface area contributed by atoms with Gasteiger partial charge in [0, 0.05) is 59.0 Å². The summed E-state index contributed by atoms with van der Waals surface area (Å²) in [5, 5.41) is 6.69. The monoisotopic (exact) mass is 393 g/mol. The van der Waals surface area contributed by atoms with Crippen molar-refractivity contribution in [3.05, 3.63) is 30.1 Å². The zero-order valence-electron chi connectivity index (χ0n) is 17.4. The van der Waals surface area contributed by atoms with Gasteiger partial charge in [0.2, 0.25) is 0 Å². The minimum absolute atomic E-state index is 0.128. The Balaban J connectivity index is 1.62. The number of anilines is 1. The van der Waals surface area contributed by atoms with E-state index in [0.29, 0.717) is 0 Å². The summed E-state index contributed by atoms with van der Waals surface area (Å²) in [7, 11) is 0. The molecule has 158 valence electrons. The van der Waals surface area contributed by atoms with E-state index in [0.717, 1.165) is 90.1 Å². The molecule has 0 atom stereocenters. The molecule has 0 aliphatic carbocycles. The van der Waals surface area contributed by atoms with Crippen LogP contribution in [-0.4, -0.2) is 76.4 Å². The molecule has 2 N–H and O–H groups in total. The molecular weight excluding hydrogens is 357 g/mol. The van der Waals surface area contributed by atoms with Crippen molar-refractivity contribution in [3.8, 4) is 0 Å². The standard InChI is InChI=1S/C21H36FN5O/c1-3-23-21(25-12-8-18-28-4-2)24-11-7-13-26-14-16-27(17-15-26)20-10-6-5-9-19(20)22/h5-6,9-10H,3-4,7-8,11-18H2,1-2H3,(H2,23,24,25). The van der Waals surface area contributed by atoms with Gasteiger partial charge in [0.05, 0.1) is 5.69 Å². The summed E-state index contributed by atoms with van der Waals surface area (Å²) in [6, 6.07) is 7.04. The summed E-state index contributed by atoms with van der Waals surface area (Å²) in [5.41, 5.74) is 0.722. The third kappa shape index (κ3) is 8.02. The number of hydrogen-bond acceptors (Lipinski definition) is 4. The molecule has 1 aromatic rings. The van der Waals surface area contributed by atoms with E-state index >= 15 is 0 Å². The minimum atomic E-state index is -0.128. The molecule has 6 nitrogen and oxygen atoms in total. The molecule has 0 saturated carbocycles. The molecule has 0 aromatic heterocycles. The molecule has 1 fully saturated rings. The lowest BCUT2D eigenvalue weighted by Crippen LogP contribution is -2.47. The van der Waals surface area contributed by atoms with Crippen LogP contribution in [0.2, 0.25) is 0 Å². The Bertz CT molecular complexity index is 576. The molecule has 1 aliphatic rings. The lowest BCUT2D eigenvalue weighted by molar-refractivity contribution is 0.146. The van der Waals surface area contributed by atoms with Gasteiger partial charge in [-0.1, -0.05) is 12.1 Å². The second kappa shape index (κ2) is 13.3. The molecule has 0 bridgehead atoms. The van der Waals surface area contributed by atoms with E-state index in [1.54, 1.807) is 6.07 Å². The highest BCUT2D eigenvalue weighted by Gasteiger charge is 2.18. The maximum atomic E-state index is 13.9. The van der Waals surface area contributed by atoms with Gasteiger partial charge in [-0.15, -0.1) is 0 Å². The average molecular weight is 394 g/mol. The number of aliphatic imine (C=N–C) groups is 1. The molecular formula is C21H36FN5O. The number of guanidine groups is 1. The summed E-state index contributed by atoms with van der Waals surface area (Å²) >= 11 is 0. The molecule has 1 heterocycles. The first-order chi connectivity index (χ1) is 13.7. The SMILES string of the molecule is CCNC(=NCCCOCC)NCCCN1CCN(c2ccccc2F)CC1. The fourth-order valence-corrected chi connectivity index (χ4v) is 3.27. The van der Waals surface area contributed by atoms with E-state index in [-0.39, 0.29) is 5.82 Å². The van der Waals surface area contributed by atoms with E-state index in [1.165, 1.54) is 6.07 Å². The zero-order valence-corrected chi connectivity index (χ0v) is 17.4. The van der Waals surface area contributed by atoms with Crippen molar-refractivity contribution in [1.29, 1.82) is 0 Å². The lowest BCUT2D eigenvalue weighted by atomic mass is 10.2. The molecule has 2 rings (SSSR count). The summed E-state index contributed by atoms with van der Waals surface area (Å²) in [4.78, 5) is 9.17. The zero-order chi connectivity index (χ0) is 20.0. The van der Waals surface area contributed by atoms with E-state index in [1.807, 2.05) is 19.1 Å². The van der Waals surface area contributed by atoms with Gasteiger partial charge in [0.15, 0.2) is 5.96 Å². The smallest absolute Gasteiger partial charge is 0.191 e. The number of halogens is 1. The summed E-state index contributed by atoms with van der Waals surface area (Å²) in [6.45, 7) is 12.9. The molecule has 28 heavy (non-hydrogen) atoms. The number of benzene rings is 1. The first kappa shape index (κ1) is 22.4. The van der Waals surface area contributed by atoms with Crippen molar-refractivity contribution >= 4 is 11.6 Å². The maximum absolute atomic E-state index is 13.9. The van der Waals surface area contributed by atoms with E-state index < -0.39 is 0 Å². The minimum Gasteiger partial charge on any atom is -0.382 e. The number of hydrogen-bond donors (Lipinski definition) is 2. The Morgan fingerprint density at radius 3 is 2.61 bits per heavy atom. The van der Waals surface area contributed by atoms with Crippen LogP contribution in [0.4, 0.5) is 10.1 Å². The largest absolute Gasteiger partial charge is 0.382 e. The first-order valence-electron chi connectivity index (χ1n) is 10.6. The number of nitrogens with zero attached hydrogens (tertiary/aromatic N) is 3. The van der Waals surface area contributed by atoms with Crippen LogP contribution < -0.4 is 15.5 Å². The highest BCUT2D eigenvalue weighted by atomic mass is 19.1. The Hall–Kier alpha value is -1.86. The second-order valence-corrected chi connectivity index (χ2v) is 6.87. The van der Waals surface area contributed by atoms with Crippen LogP contribution in [0.25, 0.3) is 0 Å². The Kier molecular flexibility index (Phi) is 10.7. The van der Waals surface area contributed by atoms with Gasteiger partial charge in [0.25, 0.3) is 0 Å². The van der Waals surface area contributed by atoms with E-state index in [2.05, 4.69) is 32.3 Å². The molecule has 7 heteroatoms. The summed E-state index contributed by atoms with van der Waals surface area (Å²) < 4.78 is 19.3. The topological polar surface area (TPSA) is 52.1 Å². The third-order valence-electron chi connectivity index (χ3n) is 4.77. The molecule has 1 aromatic carbocycles. The van der Waals surface area contributed by atoms with Crippen LogP contribution in [-0.2, 0) is 4.74 Å². The lowest BCUT2D eigenvalue weighted by Gasteiger charge is -2.36. The van der Waals surface area contributed by atoms with E-state index in [9.17, 15) is 4.39 Å². The molecule has 1 saturated heterocycles.